The quantitative estimate of drug-likeness (QED) is 0.605. The number of rotatable bonds is 7. The van der Waals surface area contributed by atoms with Crippen LogP contribution in [0.15, 0.2) is 51.9 Å². The van der Waals surface area contributed by atoms with Crippen molar-refractivity contribution in [2.45, 2.75) is 33.0 Å². The summed E-state index contributed by atoms with van der Waals surface area (Å²) in [5, 5.41) is 18.3. The maximum absolute atomic E-state index is 13.2. The minimum atomic E-state index is -1.26. The average Bonchev–Trinajstić information content (AvgIpc) is 2.68. The minimum absolute atomic E-state index is 0.0384. The molecule has 0 bridgehead atoms. The number of aliphatic carboxylic acids is 2. The zero-order valence-electron chi connectivity index (χ0n) is 16.5. The molecule has 3 rings (SSSR count). The minimum Gasteiger partial charge on any atom is -0.479 e. The molecular weight excluding hydrogens is 392 g/mol. The average molecular weight is 412 g/mol. The molecular formula is C22H20O8. The van der Waals surface area contributed by atoms with E-state index in [-0.39, 0.29) is 28.0 Å². The standard InChI is InChI=1S/C22H20O8/c1-11-4-6-14(7-5-11)16-10-28-17-8-15(29-12(2)21(24)25)9-18(19(17)20(16)23)30-13(3)22(26)27/h4-10,12-13H,1-3H3,(H,24,25)(H,26,27)/t12-,13+/m0/s1. The summed E-state index contributed by atoms with van der Waals surface area (Å²) in [6.45, 7) is 4.57. The van der Waals surface area contributed by atoms with Gasteiger partial charge in [-0.15, -0.1) is 0 Å². The fourth-order valence-electron chi connectivity index (χ4n) is 2.78. The van der Waals surface area contributed by atoms with Crippen LogP contribution in [0.4, 0.5) is 0 Å². The van der Waals surface area contributed by atoms with Crippen LogP contribution in [0.25, 0.3) is 22.1 Å². The molecule has 0 aliphatic rings. The fraction of sp³-hybridized carbons (Fsp3) is 0.227. The summed E-state index contributed by atoms with van der Waals surface area (Å²) in [7, 11) is 0. The Bertz CT molecular complexity index is 1160. The molecule has 0 aliphatic carbocycles. The van der Waals surface area contributed by atoms with E-state index < -0.39 is 29.6 Å². The van der Waals surface area contributed by atoms with Gasteiger partial charge in [0.05, 0.1) is 5.56 Å². The van der Waals surface area contributed by atoms with Gasteiger partial charge >= 0.3 is 11.9 Å². The van der Waals surface area contributed by atoms with Gasteiger partial charge in [0.25, 0.3) is 0 Å². The molecule has 0 fully saturated rings. The number of aryl methyl sites for hydroxylation is 1. The van der Waals surface area contributed by atoms with Gasteiger partial charge in [0.15, 0.2) is 12.2 Å². The molecule has 8 heteroatoms. The summed E-state index contributed by atoms with van der Waals surface area (Å²) in [6, 6.07) is 9.92. The van der Waals surface area contributed by atoms with E-state index in [0.29, 0.717) is 5.56 Å². The van der Waals surface area contributed by atoms with Crippen molar-refractivity contribution in [1.29, 1.82) is 0 Å². The molecule has 3 aromatic rings. The second kappa shape index (κ2) is 8.28. The molecule has 0 spiro atoms. The van der Waals surface area contributed by atoms with E-state index >= 15 is 0 Å². The van der Waals surface area contributed by atoms with Crippen molar-refractivity contribution in [3.05, 3.63) is 58.4 Å². The third-order valence-corrected chi connectivity index (χ3v) is 4.49. The normalized spacial score (nSPS) is 12.9. The van der Waals surface area contributed by atoms with E-state index in [0.717, 1.165) is 5.56 Å². The number of fused-ring (bicyclic) bond motifs is 1. The first kappa shape index (κ1) is 20.9. The molecule has 30 heavy (non-hydrogen) atoms. The number of hydrogen-bond acceptors (Lipinski definition) is 6. The van der Waals surface area contributed by atoms with Crippen LogP contribution in [0.1, 0.15) is 19.4 Å². The Balaban J connectivity index is 2.19. The van der Waals surface area contributed by atoms with E-state index in [4.69, 9.17) is 19.0 Å². The van der Waals surface area contributed by atoms with Crippen molar-refractivity contribution in [3.63, 3.8) is 0 Å². The number of carbonyl (C=O) groups is 2. The molecule has 1 heterocycles. The van der Waals surface area contributed by atoms with Gasteiger partial charge in [-0.25, -0.2) is 9.59 Å². The lowest BCUT2D eigenvalue weighted by atomic mass is 10.0. The van der Waals surface area contributed by atoms with E-state index in [1.54, 1.807) is 12.1 Å². The smallest absolute Gasteiger partial charge is 0.344 e. The highest BCUT2D eigenvalue weighted by atomic mass is 16.5. The Morgan fingerprint density at radius 1 is 0.967 bits per heavy atom. The van der Waals surface area contributed by atoms with Crippen LogP contribution >= 0.6 is 0 Å². The Labute approximate surface area is 171 Å². The van der Waals surface area contributed by atoms with Gasteiger partial charge in [0, 0.05) is 12.1 Å². The van der Waals surface area contributed by atoms with Crippen LogP contribution in [-0.2, 0) is 9.59 Å². The molecule has 2 N–H and O–H groups in total. The van der Waals surface area contributed by atoms with Gasteiger partial charge in [-0.05, 0) is 26.3 Å². The summed E-state index contributed by atoms with van der Waals surface area (Å²) >= 11 is 0. The largest absolute Gasteiger partial charge is 0.479 e. The second-order valence-corrected chi connectivity index (χ2v) is 6.84. The van der Waals surface area contributed by atoms with Crippen molar-refractivity contribution in [3.8, 4) is 22.6 Å². The van der Waals surface area contributed by atoms with E-state index in [1.807, 2.05) is 19.1 Å². The van der Waals surface area contributed by atoms with Crippen LogP contribution in [-0.4, -0.2) is 34.4 Å². The van der Waals surface area contributed by atoms with Crippen LogP contribution in [0, 0.1) is 6.92 Å². The first-order valence-corrected chi connectivity index (χ1v) is 9.13. The van der Waals surface area contributed by atoms with Crippen LogP contribution in [0.2, 0.25) is 0 Å². The van der Waals surface area contributed by atoms with Crippen molar-refractivity contribution in [2.75, 3.05) is 0 Å². The lowest BCUT2D eigenvalue weighted by molar-refractivity contribution is -0.144. The predicted octanol–water partition coefficient (Wildman–Crippen LogP) is 3.47. The maximum atomic E-state index is 13.2. The molecule has 8 nitrogen and oxygen atoms in total. The third-order valence-electron chi connectivity index (χ3n) is 4.49. The van der Waals surface area contributed by atoms with E-state index in [2.05, 4.69) is 0 Å². The lowest BCUT2D eigenvalue weighted by Crippen LogP contribution is -2.24. The van der Waals surface area contributed by atoms with Crippen LogP contribution in [0.3, 0.4) is 0 Å². The summed E-state index contributed by atoms with van der Waals surface area (Å²) in [6.07, 6.45) is -1.14. The monoisotopic (exact) mass is 412 g/mol. The van der Waals surface area contributed by atoms with E-state index in [9.17, 15) is 19.5 Å². The highest BCUT2D eigenvalue weighted by molar-refractivity contribution is 5.89. The molecule has 0 saturated heterocycles. The van der Waals surface area contributed by atoms with Gasteiger partial charge in [-0.1, -0.05) is 29.8 Å². The number of ether oxygens (including phenoxy) is 2. The Kier molecular flexibility index (Phi) is 5.77. The molecule has 156 valence electrons. The first-order chi connectivity index (χ1) is 14.2. The van der Waals surface area contributed by atoms with E-state index in [1.165, 1.54) is 32.2 Å². The number of carboxylic acids is 2. The van der Waals surface area contributed by atoms with Crippen LogP contribution < -0.4 is 14.9 Å². The van der Waals surface area contributed by atoms with Gasteiger partial charge < -0.3 is 24.1 Å². The molecule has 0 saturated carbocycles. The number of benzene rings is 2. The SMILES string of the molecule is Cc1ccc(-c2coc3cc(O[C@@H](C)C(=O)O)cc(O[C@H](C)C(=O)O)c3c2=O)cc1. The van der Waals surface area contributed by atoms with Crippen molar-refractivity contribution >= 4 is 22.9 Å². The Morgan fingerprint density at radius 2 is 1.57 bits per heavy atom. The zero-order chi connectivity index (χ0) is 22.0. The molecule has 2 atom stereocenters. The zero-order valence-corrected chi connectivity index (χ0v) is 16.5. The highest BCUT2D eigenvalue weighted by Gasteiger charge is 2.21. The molecule has 0 radical (unpaired) electrons. The topological polar surface area (TPSA) is 123 Å². The van der Waals surface area contributed by atoms with Gasteiger partial charge in [0.2, 0.25) is 5.43 Å². The Hall–Kier alpha value is -3.81. The molecule has 0 unspecified atom stereocenters. The number of hydrogen-bond donors (Lipinski definition) is 2. The fourth-order valence-corrected chi connectivity index (χ4v) is 2.78. The summed E-state index contributed by atoms with van der Waals surface area (Å²) in [5.41, 5.74) is 1.61. The van der Waals surface area contributed by atoms with Crippen molar-refractivity contribution < 1.29 is 33.7 Å². The molecule has 0 aliphatic heterocycles. The number of carboxylic acid groups (broad SMARTS) is 2. The van der Waals surface area contributed by atoms with Gasteiger partial charge in [0.1, 0.15) is 28.7 Å². The van der Waals surface area contributed by atoms with Crippen molar-refractivity contribution in [1.82, 2.24) is 0 Å². The second-order valence-electron chi connectivity index (χ2n) is 6.84. The van der Waals surface area contributed by atoms with Crippen LogP contribution in [0.5, 0.6) is 11.5 Å². The Morgan fingerprint density at radius 3 is 2.17 bits per heavy atom. The molecule has 0 amide bonds. The lowest BCUT2D eigenvalue weighted by Gasteiger charge is -2.16. The highest BCUT2D eigenvalue weighted by Crippen LogP contribution is 2.32. The summed E-state index contributed by atoms with van der Waals surface area (Å²) in [5.74, 6) is -2.42. The van der Waals surface area contributed by atoms with Crippen molar-refractivity contribution in [2.24, 2.45) is 0 Å². The molecule has 1 aromatic heterocycles. The maximum Gasteiger partial charge on any atom is 0.344 e. The van der Waals surface area contributed by atoms with Gasteiger partial charge in [-0.3, -0.25) is 4.79 Å². The summed E-state index contributed by atoms with van der Waals surface area (Å²) in [4.78, 5) is 35.6. The van der Waals surface area contributed by atoms with Gasteiger partial charge in [-0.2, -0.15) is 0 Å². The summed E-state index contributed by atoms with van der Waals surface area (Å²) < 4.78 is 16.4. The molecule has 2 aromatic carbocycles. The first-order valence-electron chi connectivity index (χ1n) is 9.13. The predicted molar refractivity (Wildman–Crippen MR) is 108 cm³/mol. The third kappa shape index (κ3) is 4.27.